The second kappa shape index (κ2) is 9.73. The van der Waals surface area contributed by atoms with Gasteiger partial charge in [-0.15, -0.1) is 0 Å². The van der Waals surface area contributed by atoms with Gasteiger partial charge < -0.3 is 10.1 Å². The molecule has 0 saturated carbocycles. The largest absolute Gasteiger partial charge is 0.379 e. The molecule has 1 aliphatic heterocycles. The molecule has 1 aliphatic rings. The summed E-state index contributed by atoms with van der Waals surface area (Å²) >= 11 is 6.13. The highest BCUT2D eigenvalue weighted by Crippen LogP contribution is 2.26. The van der Waals surface area contributed by atoms with E-state index in [9.17, 15) is 13.2 Å². The van der Waals surface area contributed by atoms with Gasteiger partial charge in [0.15, 0.2) is 0 Å². The van der Waals surface area contributed by atoms with Crippen molar-refractivity contribution in [3.05, 3.63) is 28.8 Å². The summed E-state index contributed by atoms with van der Waals surface area (Å²) in [5.41, 5.74) is 1.22. The number of rotatable bonds is 8. The van der Waals surface area contributed by atoms with Crippen molar-refractivity contribution in [1.82, 2.24) is 10.2 Å². The zero-order valence-electron chi connectivity index (χ0n) is 16.1. The molecule has 0 aromatic heterocycles. The number of ether oxygens (including phenoxy) is 1. The van der Waals surface area contributed by atoms with Gasteiger partial charge in [0.25, 0.3) is 0 Å². The van der Waals surface area contributed by atoms with E-state index in [-0.39, 0.29) is 5.91 Å². The van der Waals surface area contributed by atoms with Crippen LogP contribution in [0.1, 0.15) is 18.9 Å². The molecule has 1 aromatic rings. The molecule has 1 atom stereocenters. The molecule has 2 rings (SSSR count). The molecule has 0 bridgehead atoms. The Morgan fingerprint density at radius 2 is 2.04 bits per heavy atom. The van der Waals surface area contributed by atoms with Crippen LogP contribution in [0.2, 0.25) is 5.02 Å². The molecule has 152 valence electrons. The van der Waals surface area contributed by atoms with E-state index in [0.717, 1.165) is 55.4 Å². The minimum Gasteiger partial charge on any atom is -0.379 e. The average molecular weight is 418 g/mol. The van der Waals surface area contributed by atoms with Gasteiger partial charge in [0.05, 0.1) is 25.2 Å². The normalized spacial score (nSPS) is 16.7. The lowest BCUT2D eigenvalue weighted by Gasteiger charge is -2.29. The number of halogens is 1. The maximum absolute atomic E-state index is 12.5. The van der Waals surface area contributed by atoms with Gasteiger partial charge in [0.2, 0.25) is 15.9 Å². The fourth-order valence-electron chi connectivity index (χ4n) is 3.01. The van der Waals surface area contributed by atoms with Crippen LogP contribution in [-0.2, 0) is 19.6 Å². The van der Waals surface area contributed by atoms with E-state index in [1.54, 1.807) is 25.1 Å². The fourth-order valence-corrected chi connectivity index (χ4v) is 4.36. The van der Waals surface area contributed by atoms with Crippen molar-refractivity contribution in [2.24, 2.45) is 0 Å². The Labute approximate surface area is 166 Å². The van der Waals surface area contributed by atoms with Gasteiger partial charge in [0.1, 0.15) is 6.04 Å². The van der Waals surface area contributed by atoms with E-state index in [4.69, 9.17) is 16.3 Å². The van der Waals surface area contributed by atoms with Crippen LogP contribution in [0.3, 0.4) is 0 Å². The number of carbonyl (C=O) groups is 1. The third-order valence-electron chi connectivity index (χ3n) is 4.55. The number of nitrogens with zero attached hydrogens (tertiary/aromatic N) is 2. The van der Waals surface area contributed by atoms with Gasteiger partial charge in [0, 0.05) is 24.7 Å². The molecular weight excluding hydrogens is 390 g/mol. The number of sulfonamides is 1. The smallest absolute Gasteiger partial charge is 0.243 e. The van der Waals surface area contributed by atoms with Gasteiger partial charge in [-0.2, -0.15) is 0 Å². The number of aryl methyl sites for hydroxylation is 1. The minimum absolute atomic E-state index is 0.334. The molecule has 1 heterocycles. The fraction of sp³-hybridized carbons (Fsp3) is 0.611. The van der Waals surface area contributed by atoms with Crippen LogP contribution >= 0.6 is 11.6 Å². The van der Waals surface area contributed by atoms with Crippen molar-refractivity contribution in [1.29, 1.82) is 0 Å². The lowest BCUT2D eigenvalue weighted by atomic mass is 10.2. The molecule has 27 heavy (non-hydrogen) atoms. The van der Waals surface area contributed by atoms with Crippen molar-refractivity contribution >= 4 is 33.2 Å². The SMILES string of the molecule is Cc1ccc(N([C@H](C)C(=O)NCCCN2CCOCC2)S(C)(=O)=O)cc1Cl. The first-order valence-electron chi connectivity index (χ1n) is 9.03. The number of hydrogen-bond acceptors (Lipinski definition) is 5. The summed E-state index contributed by atoms with van der Waals surface area (Å²) in [6, 6.07) is 4.09. The summed E-state index contributed by atoms with van der Waals surface area (Å²) < 4.78 is 31.0. The van der Waals surface area contributed by atoms with E-state index >= 15 is 0 Å². The summed E-state index contributed by atoms with van der Waals surface area (Å²) in [6.45, 7) is 8.07. The number of hydrogen-bond donors (Lipinski definition) is 1. The van der Waals surface area contributed by atoms with Gasteiger partial charge >= 0.3 is 0 Å². The first-order chi connectivity index (χ1) is 12.7. The third kappa shape index (κ3) is 6.34. The molecule has 0 aliphatic carbocycles. The van der Waals surface area contributed by atoms with Crippen LogP contribution < -0.4 is 9.62 Å². The molecule has 9 heteroatoms. The second-order valence-electron chi connectivity index (χ2n) is 6.77. The van der Waals surface area contributed by atoms with Crippen molar-refractivity contribution < 1.29 is 17.9 Å². The summed E-state index contributed by atoms with van der Waals surface area (Å²) in [5, 5.41) is 3.29. The Kier molecular flexibility index (Phi) is 7.91. The zero-order chi connectivity index (χ0) is 20.0. The monoisotopic (exact) mass is 417 g/mol. The summed E-state index contributed by atoms with van der Waals surface area (Å²) in [4.78, 5) is 14.8. The summed E-state index contributed by atoms with van der Waals surface area (Å²) in [7, 11) is -3.65. The minimum atomic E-state index is -3.65. The van der Waals surface area contributed by atoms with Crippen LogP contribution in [-0.4, -0.2) is 70.9 Å². The Morgan fingerprint density at radius 1 is 1.37 bits per heavy atom. The maximum Gasteiger partial charge on any atom is 0.243 e. The molecule has 0 unspecified atom stereocenters. The number of morpholine rings is 1. The predicted octanol–water partition coefficient (Wildman–Crippen LogP) is 1.64. The lowest BCUT2D eigenvalue weighted by molar-refractivity contribution is -0.121. The molecule has 1 saturated heterocycles. The van der Waals surface area contributed by atoms with Crippen LogP contribution in [0.5, 0.6) is 0 Å². The first-order valence-corrected chi connectivity index (χ1v) is 11.3. The van der Waals surface area contributed by atoms with Gasteiger partial charge in [-0.05, 0) is 44.5 Å². The number of nitrogens with one attached hydrogen (secondary N) is 1. The Morgan fingerprint density at radius 3 is 2.63 bits per heavy atom. The second-order valence-corrected chi connectivity index (χ2v) is 9.03. The average Bonchev–Trinajstić information content (AvgIpc) is 2.61. The molecule has 7 nitrogen and oxygen atoms in total. The molecule has 1 amide bonds. The maximum atomic E-state index is 12.5. The van der Waals surface area contributed by atoms with Gasteiger partial charge in [-0.3, -0.25) is 14.0 Å². The Hall–Kier alpha value is -1.35. The molecule has 1 N–H and O–H groups in total. The van der Waals surface area contributed by atoms with E-state index in [1.807, 2.05) is 6.92 Å². The van der Waals surface area contributed by atoms with Crippen LogP contribution in [0.4, 0.5) is 5.69 Å². The molecular formula is C18H28ClN3O4S. The molecule has 1 aromatic carbocycles. The molecule has 0 radical (unpaired) electrons. The standard InChI is InChI=1S/C18H28ClN3O4S/c1-14-5-6-16(13-17(14)19)22(27(3,24)25)15(2)18(23)20-7-4-8-21-9-11-26-12-10-21/h5-6,13,15H,4,7-12H2,1-3H3,(H,20,23)/t15-/m1/s1. The van der Waals surface area contributed by atoms with Gasteiger partial charge in [-0.1, -0.05) is 17.7 Å². The van der Waals surface area contributed by atoms with Crippen molar-refractivity contribution in [3.8, 4) is 0 Å². The number of carbonyl (C=O) groups excluding carboxylic acids is 1. The quantitative estimate of drug-likeness (QED) is 0.650. The van der Waals surface area contributed by atoms with E-state index in [2.05, 4.69) is 10.2 Å². The number of benzene rings is 1. The van der Waals surface area contributed by atoms with E-state index < -0.39 is 16.1 Å². The highest BCUT2D eigenvalue weighted by molar-refractivity contribution is 7.92. The number of anilines is 1. The predicted molar refractivity (Wildman–Crippen MR) is 108 cm³/mol. The van der Waals surface area contributed by atoms with Crippen LogP contribution in [0.15, 0.2) is 18.2 Å². The molecule has 1 fully saturated rings. The number of amides is 1. The lowest BCUT2D eigenvalue weighted by Crippen LogP contribution is -2.48. The third-order valence-corrected chi connectivity index (χ3v) is 6.20. The van der Waals surface area contributed by atoms with Crippen molar-refractivity contribution in [2.75, 3.05) is 50.0 Å². The van der Waals surface area contributed by atoms with Gasteiger partial charge in [-0.25, -0.2) is 8.42 Å². The zero-order valence-corrected chi connectivity index (χ0v) is 17.6. The van der Waals surface area contributed by atoms with Crippen molar-refractivity contribution in [3.63, 3.8) is 0 Å². The summed E-state index contributed by atoms with van der Waals surface area (Å²) in [6.07, 6.45) is 1.89. The highest BCUT2D eigenvalue weighted by Gasteiger charge is 2.29. The Balaban J connectivity index is 1.96. The molecule has 0 spiro atoms. The topological polar surface area (TPSA) is 79.0 Å². The van der Waals surface area contributed by atoms with Crippen LogP contribution in [0, 0.1) is 6.92 Å². The first kappa shape index (κ1) is 21.9. The van der Waals surface area contributed by atoms with Crippen molar-refractivity contribution in [2.45, 2.75) is 26.3 Å². The Bertz CT molecular complexity index is 751. The highest BCUT2D eigenvalue weighted by atomic mass is 35.5. The van der Waals surface area contributed by atoms with E-state index in [0.29, 0.717) is 17.3 Å². The van der Waals surface area contributed by atoms with Crippen LogP contribution in [0.25, 0.3) is 0 Å². The summed E-state index contributed by atoms with van der Waals surface area (Å²) in [5.74, 6) is -0.334. The van der Waals surface area contributed by atoms with E-state index in [1.165, 1.54) is 0 Å².